The summed E-state index contributed by atoms with van der Waals surface area (Å²) in [6, 6.07) is 15.4. The minimum atomic E-state index is -0.564. The van der Waals surface area contributed by atoms with Crippen LogP contribution in [0.25, 0.3) is 5.57 Å². The van der Waals surface area contributed by atoms with E-state index < -0.39 is 17.6 Å². The zero-order valence-electron chi connectivity index (χ0n) is 18.1. The Balaban J connectivity index is 1.84. The summed E-state index contributed by atoms with van der Waals surface area (Å²) in [5.74, 6) is -0.744. The van der Waals surface area contributed by atoms with Crippen LogP contribution in [-0.4, -0.2) is 26.0 Å². The van der Waals surface area contributed by atoms with E-state index in [-0.39, 0.29) is 11.3 Å². The van der Waals surface area contributed by atoms with Gasteiger partial charge in [0.2, 0.25) is 0 Å². The summed E-state index contributed by atoms with van der Waals surface area (Å²) in [6.45, 7) is 1.80. The van der Waals surface area contributed by atoms with Crippen molar-refractivity contribution in [3.63, 3.8) is 0 Å². The Morgan fingerprint density at radius 2 is 1.61 bits per heavy atom. The highest BCUT2D eigenvalue weighted by Crippen LogP contribution is 2.38. The van der Waals surface area contributed by atoms with E-state index in [9.17, 15) is 14.0 Å². The second kappa shape index (κ2) is 8.96. The summed E-state index contributed by atoms with van der Waals surface area (Å²) in [6.07, 6.45) is 0. The highest BCUT2D eigenvalue weighted by molar-refractivity contribution is 6.46. The number of imide groups is 1. The van der Waals surface area contributed by atoms with Crippen LogP contribution < -0.4 is 19.7 Å². The molecule has 0 spiro atoms. The molecule has 6 nitrogen and oxygen atoms in total. The largest absolute Gasteiger partial charge is 0.493 e. The third-order valence-corrected chi connectivity index (χ3v) is 5.78. The minimum absolute atomic E-state index is 0.0618. The van der Waals surface area contributed by atoms with Crippen molar-refractivity contribution in [3.8, 4) is 11.5 Å². The number of carbonyl (C=O) groups excluding carboxylic acids is 2. The molecule has 1 heterocycles. The first-order valence-electron chi connectivity index (χ1n) is 9.99. The average molecular weight is 467 g/mol. The van der Waals surface area contributed by atoms with Crippen molar-refractivity contribution in [1.82, 2.24) is 0 Å². The summed E-state index contributed by atoms with van der Waals surface area (Å²) >= 11 is 6.24. The third kappa shape index (κ3) is 4.03. The molecule has 0 radical (unpaired) electrons. The van der Waals surface area contributed by atoms with E-state index in [1.54, 1.807) is 43.3 Å². The Labute approximate surface area is 195 Å². The number of nitrogens with zero attached hydrogens (tertiary/aromatic N) is 1. The maximum atomic E-state index is 13.6. The molecule has 2 amide bonds. The minimum Gasteiger partial charge on any atom is -0.493 e. The first-order chi connectivity index (χ1) is 15.8. The van der Waals surface area contributed by atoms with Gasteiger partial charge in [0.05, 0.1) is 25.5 Å². The smallest absolute Gasteiger partial charge is 0.282 e. The van der Waals surface area contributed by atoms with Crippen molar-refractivity contribution < 1.29 is 23.5 Å². The van der Waals surface area contributed by atoms with Gasteiger partial charge in [0.25, 0.3) is 11.8 Å². The van der Waals surface area contributed by atoms with Crippen molar-refractivity contribution in [2.75, 3.05) is 24.4 Å². The number of methoxy groups -OCH3 is 2. The molecular formula is C25H20ClFN2O4. The fourth-order valence-electron chi connectivity index (χ4n) is 3.61. The number of benzene rings is 3. The molecule has 8 heteroatoms. The van der Waals surface area contributed by atoms with Crippen LogP contribution in [0.1, 0.15) is 11.1 Å². The van der Waals surface area contributed by atoms with Crippen molar-refractivity contribution in [2.45, 2.75) is 6.92 Å². The SMILES string of the molecule is COc1ccc(N2C(=O)C(Nc3cccc(Cl)c3C)=C(c3ccc(F)cc3)C2=O)cc1OC. The van der Waals surface area contributed by atoms with E-state index in [0.717, 1.165) is 10.5 Å². The molecule has 1 aliphatic rings. The van der Waals surface area contributed by atoms with Crippen LogP contribution in [0.4, 0.5) is 15.8 Å². The predicted molar refractivity (Wildman–Crippen MR) is 125 cm³/mol. The lowest BCUT2D eigenvalue weighted by Crippen LogP contribution is -2.32. The molecule has 1 N–H and O–H groups in total. The molecule has 0 unspecified atom stereocenters. The lowest BCUT2D eigenvalue weighted by molar-refractivity contribution is -0.120. The van der Waals surface area contributed by atoms with Gasteiger partial charge in [-0.2, -0.15) is 0 Å². The van der Waals surface area contributed by atoms with E-state index in [1.807, 2.05) is 0 Å². The van der Waals surface area contributed by atoms with E-state index in [1.165, 1.54) is 38.5 Å². The molecule has 0 aromatic heterocycles. The van der Waals surface area contributed by atoms with E-state index in [2.05, 4.69) is 5.32 Å². The number of anilines is 2. The normalized spacial score (nSPS) is 13.5. The highest BCUT2D eigenvalue weighted by atomic mass is 35.5. The van der Waals surface area contributed by atoms with E-state index >= 15 is 0 Å². The van der Waals surface area contributed by atoms with Crippen LogP contribution >= 0.6 is 11.6 Å². The lowest BCUT2D eigenvalue weighted by Gasteiger charge is -2.18. The quantitative estimate of drug-likeness (QED) is 0.506. The first kappa shape index (κ1) is 22.4. The zero-order valence-corrected chi connectivity index (χ0v) is 18.9. The summed E-state index contributed by atoms with van der Waals surface area (Å²) in [7, 11) is 2.96. The number of rotatable bonds is 6. The van der Waals surface area contributed by atoms with Crippen LogP contribution in [0.3, 0.4) is 0 Å². The third-order valence-electron chi connectivity index (χ3n) is 5.37. The Bertz CT molecular complexity index is 1290. The highest BCUT2D eigenvalue weighted by Gasteiger charge is 2.40. The molecule has 3 aromatic carbocycles. The molecule has 0 fully saturated rings. The monoisotopic (exact) mass is 466 g/mol. The van der Waals surface area contributed by atoms with Gasteiger partial charge in [-0.3, -0.25) is 9.59 Å². The molecule has 1 aliphatic heterocycles. The van der Waals surface area contributed by atoms with Crippen LogP contribution in [0, 0.1) is 12.7 Å². The number of nitrogens with one attached hydrogen (secondary N) is 1. The van der Waals surface area contributed by atoms with Crippen molar-refractivity contribution in [3.05, 3.63) is 88.3 Å². The fourth-order valence-corrected chi connectivity index (χ4v) is 3.78. The van der Waals surface area contributed by atoms with Gasteiger partial charge < -0.3 is 14.8 Å². The molecular weight excluding hydrogens is 447 g/mol. The topological polar surface area (TPSA) is 67.9 Å². The maximum absolute atomic E-state index is 13.6. The average Bonchev–Trinajstić information content (AvgIpc) is 3.06. The summed E-state index contributed by atoms with van der Waals surface area (Å²) in [5.41, 5.74) is 2.19. The van der Waals surface area contributed by atoms with Crippen LogP contribution in [-0.2, 0) is 9.59 Å². The summed E-state index contributed by atoms with van der Waals surface area (Å²) in [5, 5.41) is 3.59. The Kier molecular flexibility index (Phi) is 6.07. The number of amides is 2. The lowest BCUT2D eigenvalue weighted by atomic mass is 10.0. The van der Waals surface area contributed by atoms with Gasteiger partial charge in [0.1, 0.15) is 11.5 Å². The molecule has 33 heavy (non-hydrogen) atoms. The van der Waals surface area contributed by atoms with Gasteiger partial charge in [-0.15, -0.1) is 0 Å². The predicted octanol–water partition coefficient (Wildman–Crippen LogP) is 5.20. The molecule has 4 rings (SSSR count). The van der Waals surface area contributed by atoms with Crippen molar-refractivity contribution >= 4 is 40.4 Å². The fraction of sp³-hybridized carbons (Fsp3) is 0.120. The molecule has 0 atom stereocenters. The van der Waals surface area contributed by atoms with E-state index in [4.69, 9.17) is 21.1 Å². The standard InChI is InChI=1S/C25H20ClFN2O4/c1-14-18(26)5-4-6-19(14)28-23-22(15-7-9-16(27)10-8-15)24(30)29(25(23)31)17-11-12-20(32-2)21(13-17)33-3/h4-13,28H,1-3H3. The van der Waals surface area contributed by atoms with Gasteiger partial charge in [0.15, 0.2) is 11.5 Å². The Morgan fingerprint density at radius 3 is 2.27 bits per heavy atom. The molecule has 0 aliphatic carbocycles. The summed E-state index contributed by atoms with van der Waals surface area (Å²) in [4.78, 5) is 28.1. The molecule has 3 aromatic rings. The van der Waals surface area contributed by atoms with Gasteiger partial charge in [-0.25, -0.2) is 9.29 Å². The number of hydrogen-bond donors (Lipinski definition) is 1. The molecule has 168 valence electrons. The van der Waals surface area contributed by atoms with Gasteiger partial charge in [-0.05, 0) is 54.4 Å². The number of halogens is 2. The maximum Gasteiger partial charge on any atom is 0.282 e. The summed E-state index contributed by atoms with van der Waals surface area (Å²) < 4.78 is 24.1. The van der Waals surface area contributed by atoms with Crippen LogP contribution in [0.15, 0.2) is 66.4 Å². The molecule has 0 saturated carbocycles. The van der Waals surface area contributed by atoms with E-state index in [0.29, 0.717) is 33.5 Å². The van der Waals surface area contributed by atoms with Crippen molar-refractivity contribution in [1.29, 1.82) is 0 Å². The zero-order chi connectivity index (χ0) is 23.7. The molecule has 0 bridgehead atoms. The van der Waals surface area contributed by atoms with Crippen LogP contribution in [0.2, 0.25) is 5.02 Å². The Hall–Kier alpha value is -3.84. The molecule has 0 saturated heterocycles. The number of ether oxygens (including phenoxy) is 2. The van der Waals surface area contributed by atoms with Gasteiger partial charge in [-0.1, -0.05) is 29.8 Å². The second-order valence-corrected chi connectivity index (χ2v) is 7.69. The van der Waals surface area contributed by atoms with Gasteiger partial charge >= 0.3 is 0 Å². The van der Waals surface area contributed by atoms with Crippen LogP contribution in [0.5, 0.6) is 11.5 Å². The van der Waals surface area contributed by atoms with Crippen molar-refractivity contribution in [2.24, 2.45) is 0 Å². The van der Waals surface area contributed by atoms with Gasteiger partial charge in [0, 0.05) is 16.8 Å². The first-order valence-corrected chi connectivity index (χ1v) is 10.4. The number of hydrogen-bond acceptors (Lipinski definition) is 5. The Morgan fingerprint density at radius 1 is 0.909 bits per heavy atom. The number of carbonyl (C=O) groups is 2. The second-order valence-electron chi connectivity index (χ2n) is 7.28.